The van der Waals surface area contributed by atoms with Crippen molar-refractivity contribution >= 4 is 11.9 Å². The summed E-state index contributed by atoms with van der Waals surface area (Å²) in [6, 6.07) is 8.01. The maximum Gasteiger partial charge on any atom is 0.329 e. The van der Waals surface area contributed by atoms with Crippen LogP contribution in [0.5, 0.6) is 0 Å². The lowest BCUT2D eigenvalue weighted by molar-refractivity contribution is -0.146. The van der Waals surface area contributed by atoms with Crippen molar-refractivity contribution in [3.63, 3.8) is 0 Å². The molecule has 1 aromatic carbocycles. The number of amides is 1. The van der Waals surface area contributed by atoms with Gasteiger partial charge in [0.25, 0.3) is 5.91 Å². The summed E-state index contributed by atoms with van der Waals surface area (Å²) in [5.74, 6) is -0.890. The minimum absolute atomic E-state index is 0.0237. The normalized spacial score (nSPS) is 21.4. The van der Waals surface area contributed by atoms with Crippen molar-refractivity contribution in [2.75, 3.05) is 13.2 Å². The lowest BCUT2D eigenvalue weighted by Crippen LogP contribution is -2.46. The van der Waals surface area contributed by atoms with E-state index in [4.69, 9.17) is 4.74 Å². The van der Waals surface area contributed by atoms with E-state index >= 15 is 0 Å². The Labute approximate surface area is 130 Å². The summed E-state index contributed by atoms with van der Waals surface area (Å²) in [5, 5.41) is 12.0. The number of hydrogen-bond acceptors (Lipinski definition) is 4. The number of benzene rings is 1. The van der Waals surface area contributed by atoms with Gasteiger partial charge in [0, 0.05) is 24.0 Å². The van der Waals surface area contributed by atoms with E-state index in [1.54, 1.807) is 31.2 Å². The topological polar surface area (TPSA) is 75.6 Å². The molecule has 0 aliphatic heterocycles. The number of hydrogen-bond donors (Lipinski definition) is 2. The fourth-order valence-electron chi connectivity index (χ4n) is 2.58. The Morgan fingerprint density at radius 2 is 2.05 bits per heavy atom. The summed E-state index contributed by atoms with van der Waals surface area (Å²) in [7, 11) is 0. The Hall–Kier alpha value is -2.14. The molecule has 1 aliphatic carbocycles. The second-order valence-corrected chi connectivity index (χ2v) is 5.30. The van der Waals surface area contributed by atoms with Crippen molar-refractivity contribution < 1.29 is 19.4 Å². The van der Waals surface area contributed by atoms with Crippen LogP contribution in [0.25, 0.3) is 0 Å². The molecule has 0 bridgehead atoms. The quantitative estimate of drug-likeness (QED) is 0.617. The van der Waals surface area contributed by atoms with Gasteiger partial charge in [0.15, 0.2) is 0 Å². The van der Waals surface area contributed by atoms with E-state index in [1.165, 1.54) is 0 Å². The number of ether oxygens (including phenoxy) is 1. The lowest BCUT2D eigenvalue weighted by atomic mass is 9.95. The van der Waals surface area contributed by atoms with E-state index in [0.29, 0.717) is 12.0 Å². The van der Waals surface area contributed by atoms with Gasteiger partial charge >= 0.3 is 5.97 Å². The minimum Gasteiger partial charge on any atom is -0.464 e. The van der Waals surface area contributed by atoms with Gasteiger partial charge in [0.05, 0.1) is 6.61 Å². The van der Waals surface area contributed by atoms with E-state index in [1.807, 2.05) is 18.2 Å². The van der Waals surface area contributed by atoms with Crippen LogP contribution in [0.3, 0.4) is 0 Å². The maximum atomic E-state index is 12.3. The molecule has 0 heterocycles. The van der Waals surface area contributed by atoms with Crippen LogP contribution >= 0.6 is 0 Å². The van der Waals surface area contributed by atoms with Crippen molar-refractivity contribution in [3.8, 4) is 0 Å². The first kappa shape index (κ1) is 16.2. The molecular weight excluding hydrogens is 282 g/mol. The highest BCUT2D eigenvalue weighted by Crippen LogP contribution is 2.26. The summed E-state index contributed by atoms with van der Waals surface area (Å²) in [5.41, 5.74) is 0.498. The first-order chi connectivity index (χ1) is 10.7. The molecule has 1 aromatic rings. The van der Waals surface area contributed by atoms with Crippen LogP contribution < -0.4 is 5.32 Å². The van der Waals surface area contributed by atoms with E-state index in [2.05, 4.69) is 5.32 Å². The summed E-state index contributed by atoms with van der Waals surface area (Å²) in [6.07, 6.45) is 4.37. The van der Waals surface area contributed by atoms with Crippen LogP contribution in [0.4, 0.5) is 0 Å². The largest absolute Gasteiger partial charge is 0.464 e. The fraction of sp³-hybridized carbons (Fsp3) is 0.412. The molecule has 5 heteroatoms. The molecule has 0 spiro atoms. The zero-order valence-electron chi connectivity index (χ0n) is 12.6. The summed E-state index contributed by atoms with van der Waals surface area (Å²) < 4.78 is 5.07. The molecule has 0 unspecified atom stereocenters. The van der Waals surface area contributed by atoms with Crippen LogP contribution in [0.15, 0.2) is 42.5 Å². The van der Waals surface area contributed by atoms with Crippen molar-refractivity contribution in [2.24, 2.45) is 11.8 Å². The van der Waals surface area contributed by atoms with E-state index in [-0.39, 0.29) is 31.0 Å². The van der Waals surface area contributed by atoms with Gasteiger partial charge in [0.2, 0.25) is 0 Å². The summed E-state index contributed by atoms with van der Waals surface area (Å²) in [4.78, 5) is 24.4. The average molecular weight is 303 g/mol. The standard InChI is InChI=1S/C17H21NO4/c1-2-22-17(21)15(14-9-8-12(10-14)11-19)18-16(20)13-6-4-3-5-7-13/h3-9,12,14-15,19H,2,10-11H2,1H3,(H,18,20)/t12-,14+,15+/m0/s1. The van der Waals surface area contributed by atoms with Gasteiger partial charge < -0.3 is 15.2 Å². The first-order valence-electron chi connectivity index (χ1n) is 7.47. The van der Waals surface area contributed by atoms with Crippen LogP contribution in [-0.2, 0) is 9.53 Å². The molecule has 5 nitrogen and oxygen atoms in total. The second kappa shape index (κ2) is 7.75. The Balaban J connectivity index is 2.10. The molecule has 0 radical (unpaired) electrons. The molecule has 0 aromatic heterocycles. The molecular formula is C17H21NO4. The van der Waals surface area contributed by atoms with Gasteiger partial charge in [-0.25, -0.2) is 4.79 Å². The van der Waals surface area contributed by atoms with Crippen LogP contribution in [0.2, 0.25) is 0 Å². The Kier molecular flexibility index (Phi) is 5.72. The molecule has 1 amide bonds. The van der Waals surface area contributed by atoms with Gasteiger partial charge in [-0.05, 0) is 25.5 Å². The summed E-state index contributed by atoms with van der Waals surface area (Å²) >= 11 is 0. The van der Waals surface area contributed by atoms with Crippen molar-refractivity contribution in [2.45, 2.75) is 19.4 Å². The van der Waals surface area contributed by atoms with E-state index in [0.717, 1.165) is 0 Å². The van der Waals surface area contributed by atoms with Gasteiger partial charge in [0.1, 0.15) is 6.04 Å². The van der Waals surface area contributed by atoms with Crippen molar-refractivity contribution in [3.05, 3.63) is 48.0 Å². The number of rotatable bonds is 6. The third-order valence-corrected chi connectivity index (χ3v) is 3.73. The molecule has 1 aliphatic rings. The van der Waals surface area contributed by atoms with Crippen LogP contribution in [0.1, 0.15) is 23.7 Å². The summed E-state index contributed by atoms with van der Waals surface area (Å²) in [6.45, 7) is 2.03. The van der Waals surface area contributed by atoms with E-state index in [9.17, 15) is 14.7 Å². The van der Waals surface area contributed by atoms with Crippen LogP contribution in [-0.4, -0.2) is 36.2 Å². The third kappa shape index (κ3) is 3.95. The molecule has 22 heavy (non-hydrogen) atoms. The monoisotopic (exact) mass is 303 g/mol. The number of nitrogens with one attached hydrogen (secondary N) is 1. The van der Waals surface area contributed by atoms with Crippen molar-refractivity contribution in [1.82, 2.24) is 5.32 Å². The maximum absolute atomic E-state index is 12.3. The Morgan fingerprint density at radius 1 is 1.32 bits per heavy atom. The van der Waals surface area contributed by atoms with Gasteiger partial charge in [-0.15, -0.1) is 0 Å². The van der Waals surface area contributed by atoms with E-state index < -0.39 is 12.0 Å². The highest BCUT2D eigenvalue weighted by Gasteiger charge is 2.33. The smallest absolute Gasteiger partial charge is 0.329 e. The molecule has 0 saturated carbocycles. The second-order valence-electron chi connectivity index (χ2n) is 5.30. The number of carbonyl (C=O) groups is 2. The zero-order chi connectivity index (χ0) is 15.9. The number of carbonyl (C=O) groups excluding carboxylic acids is 2. The van der Waals surface area contributed by atoms with Gasteiger partial charge in [-0.2, -0.15) is 0 Å². The lowest BCUT2D eigenvalue weighted by Gasteiger charge is -2.22. The SMILES string of the molecule is CCOC(=O)[C@H](NC(=O)c1ccccc1)[C@@H]1C=C[C@H](CO)C1. The molecule has 2 N–H and O–H groups in total. The highest BCUT2D eigenvalue weighted by atomic mass is 16.5. The van der Waals surface area contributed by atoms with Gasteiger partial charge in [-0.1, -0.05) is 30.4 Å². The third-order valence-electron chi connectivity index (χ3n) is 3.73. The Bertz CT molecular complexity index is 541. The van der Waals surface area contributed by atoms with Crippen molar-refractivity contribution in [1.29, 1.82) is 0 Å². The minimum atomic E-state index is -0.736. The average Bonchev–Trinajstić information content (AvgIpc) is 3.02. The number of aliphatic hydroxyl groups is 1. The molecule has 0 fully saturated rings. The molecule has 2 rings (SSSR count). The Morgan fingerprint density at radius 3 is 2.64 bits per heavy atom. The number of aliphatic hydroxyl groups excluding tert-OH is 1. The molecule has 0 saturated heterocycles. The number of esters is 1. The zero-order valence-corrected chi connectivity index (χ0v) is 12.6. The molecule has 118 valence electrons. The fourth-order valence-corrected chi connectivity index (χ4v) is 2.58. The molecule has 3 atom stereocenters. The van der Waals surface area contributed by atoms with Crippen LogP contribution in [0, 0.1) is 11.8 Å². The highest BCUT2D eigenvalue weighted by molar-refractivity contribution is 5.96. The predicted octanol–water partition coefficient (Wildman–Crippen LogP) is 1.53. The first-order valence-corrected chi connectivity index (χ1v) is 7.47. The predicted molar refractivity (Wildman–Crippen MR) is 82.2 cm³/mol. The van der Waals surface area contributed by atoms with Gasteiger partial charge in [-0.3, -0.25) is 4.79 Å².